The zero-order valence-corrected chi connectivity index (χ0v) is 16.4. The van der Waals surface area contributed by atoms with Crippen LogP contribution in [0.5, 0.6) is 0 Å². The van der Waals surface area contributed by atoms with Crippen molar-refractivity contribution in [3.05, 3.63) is 23.8 Å². The van der Waals surface area contributed by atoms with Crippen molar-refractivity contribution < 1.29 is 24.2 Å². The van der Waals surface area contributed by atoms with E-state index in [1.54, 1.807) is 26.2 Å². The number of benzene rings is 1. The van der Waals surface area contributed by atoms with E-state index in [1.165, 1.54) is 0 Å². The molecule has 9 nitrogen and oxygen atoms in total. The molecular formula is C19H28N4O5. The van der Waals surface area contributed by atoms with Gasteiger partial charge in [-0.25, -0.2) is 4.79 Å². The van der Waals surface area contributed by atoms with E-state index >= 15 is 0 Å². The fourth-order valence-electron chi connectivity index (χ4n) is 2.97. The van der Waals surface area contributed by atoms with Gasteiger partial charge in [-0.15, -0.1) is 0 Å². The molecule has 2 amide bonds. The molecule has 0 spiro atoms. The van der Waals surface area contributed by atoms with Crippen molar-refractivity contribution in [2.45, 2.75) is 13.3 Å². The lowest BCUT2D eigenvalue weighted by molar-refractivity contribution is -0.122. The second kappa shape index (κ2) is 10.6. The Hall–Kier alpha value is -2.65. The third-order valence-corrected chi connectivity index (χ3v) is 4.56. The molecule has 28 heavy (non-hydrogen) atoms. The van der Waals surface area contributed by atoms with Gasteiger partial charge in [0.15, 0.2) is 0 Å². The summed E-state index contributed by atoms with van der Waals surface area (Å²) >= 11 is 0. The zero-order valence-electron chi connectivity index (χ0n) is 16.4. The van der Waals surface area contributed by atoms with Crippen LogP contribution < -0.4 is 15.5 Å². The number of piperazine rings is 1. The fraction of sp³-hybridized carbons (Fsp3) is 0.526. The summed E-state index contributed by atoms with van der Waals surface area (Å²) in [4.78, 5) is 39.2. The lowest BCUT2D eigenvalue weighted by atomic mass is 10.1. The molecule has 2 rings (SSSR count). The lowest BCUT2D eigenvalue weighted by Crippen LogP contribution is -2.49. The summed E-state index contributed by atoms with van der Waals surface area (Å²) in [6, 6.07) is 5.02. The Morgan fingerprint density at radius 2 is 1.86 bits per heavy atom. The number of carboxylic acids is 1. The quantitative estimate of drug-likeness (QED) is 0.528. The Kier molecular flexibility index (Phi) is 8.21. The number of carbonyl (C=O) groups is 3. The summed E-state index contributed by atoms with van der Waals surface area (Å²) in [5.74, 6) is -1.35. The number of ether oxygens (including phenoxy) is 1. The van der Waals surface area contributed by atoms with E-state index in [0.717, 1.165) is 5.69 Å². The van der Waals surface area contributed by atoms with Crippen LogP contribution in [-0.2, 0) is 14.3 Å². The van der Waals surface area contributed by atoms with E-state index in [2.05, 4.69) is 20.4 Å². The maximum Gasteiger partial charge on any atom is 0.337 e. The minimum absolute atomic E-state index is 0.0327. The molecule has 1 aromatic carbocycles. The Morgan fingerprint density at radius 3 is 2.46 bits per heavy atom. The van der Waals surface area contributed by atoms with Crippen molar-refractivity contribution in [2.75, 3.05) is 63.2 Å². The minimum atomic E-state index is -1.08. The van der Waals surface area contributed by atoms with Crippen molar-refractivity contribution in [1.29, 1.82) is 0 Å². The van der Waals surface area contributed by atoms with Gasteiger partial charge in [0.2, 0.25) is 11.8 Å². The fourth-order valence-corrected chi connectivity index (χ4v) is 2.97. The first-order chi connectivity index (χ1) is 13.4. The van der Waals surface area contributed by atoms with E-state index in [0.29, 0.717) is 51.6 Å². The average Bonchev–Trinajstić information content (AvgIpc) is 2.69. The summed E-state index contributed by atoms with van der Waals surface area (Å²) in [7, 11) is 1.59. The van der Waals surface area contributed by atoms with E-state index in [1.807, 2.05) is 6.07 Å². The number of hydrogen-bond acceptors (Lipinski definition) is 6. The molecule has 0 saturated carbocycles. The van der Waals surface area contributed by atoms with E-state index in [-0.39, 0.29) is 23.8 Å². The standard InChI is InChI=1S/C19H28N4O5/c1-3-17(24)21-16-5-4-14(12-15(16)19(26)27)23-9-7-22(8-10-23)13-18(25)20-6-11-28-2/h4-5,12H,3,6-11,13H2,1-2H3,(H,20,25)(H,21,24)(H,26,27). The van der Waals surface area contributed by atoms with Gasteiger partial charge in [-0.3, -0.25) is 14.5 Å². The lowest BCUT2D eigenvalue weighted by Gasteiger charge is -2.36. The molecule has 154 valence electrons. The van der Waals surface area contributed by atoms with Gasteiger partial charge >= 0.3 is 5.97 Å². The van der Waals surface area contributed by atoms with Crippen LogP contribution in [0.25, 0.3) is 0 Å². The highest BCUT2D eigenvalue weighted by molar-refractivity contribution is 6.01. The van der Waals surface area contributed by atoms with E-state index in [4.69, 9.17) is 4.74 Å². The van der Waals surface area contributed by atoms with E-state index < -0.39 is 5.97 Å². The number of anilines is 2. The predicted octanol–water partition coefficient (Wildman–Crippen LogP) is 0.618. The molecule has 9 heteroatoms. The normalized spacial score (nSPS) is 14.6. The number of rotatable bonds is 9. The van der Waals surface area contributed by atoms with Gasteiger partial charge < -0.3 is 25.4 Å². The molecule has 0 bridgehead atoms. The molecule has 1 aliphatic rings. The highest BCUT2D eigenvalue weighted by atomic mass is 16.5. The second-order valence-electron chi connectivity index (χ2n) is 6.54. The van der Waals surface area contributed by atoms with Crippen molar-refractivity contribution in [2.24, 2.45) is 0 Å². The van der Waals surface area contributed by atoms with Crippen LogP contribution in [-0.4, -0.2) is 80.8 Å². The third-order valence-electron chi connectivity index (χ3n) is 4.56. The average molecular weight is 392 g/mol. The molecule has 0 radical (unpaired) electrons. The van der Waals surface area contributed by atoms with Gasteiger partial charge in [-0.05, 0) is 18.2 Å². The maximum atomic E-state index is 11.9. The van der Waals surface area contributed by atoms with Gasteiger partial charge in [-0.2, -0.15) is 0 Å². The Bertz CT molecular complexity index is 702. The molecule has 1 fully saturated rings. The van der Waals surface area contributed by atoms with Gasteiger partial charge in [0, 0.05) is 51.9 Å². The number of carboxylic acid groups (broad SMARTS) is 1. The van der Waals surface area contributed by atoms with Crippen molar-refractivity contribution in [3.8, 4) is 0 Å². The molecule has 3 N–H and O–H groups in total. The summed E-state index contributed by atoms with van der Waals surface area (Å²) in [5, 5.41) is 14.9. The van der Waals surface area contributed by atoms with Gasteiger partial charge in [0.1, 0.15) is 0 Å². The molecule has 1 saturated heterocycles. The van der Waals surface area contributed by atoms with Crippen LogP contribution >= 0.6 is 0 Å². The molecule has 1 aromatic rings. The van der Waals surface area contributed by atoms with Gasteiger partial charge in [0.05, 0.1) is 24.4 Å². The first-order valence-corrected chi connectivity index (χ1v) is 9.34. The summed E-state index contributed by atoms with van der Waals surface area (Å²) in [6.45, 7) is 5.80. The molecular weight excluding hydrogens is 364 g/mol. The number of hydrogen-bond donors (Lipinski definition) is 3. The van der Waals surface area contributed by atoms with Crippen molar-refractivity contribution in [1.82, 2.24) is 10.2 Å². The highest BCUT2D eigenvalue weighted by Crippen LogP contribution is 2.24. The Labute approximate surface area is 164 Å². The third kappa shape index (κ3) is 6.21. The monoisotopic (exact) mass is 392 g/mol. The number of amides is 2. The zero-order chi connectivity index (χ0) is 20.5. The van der Waals surface area contributed by atoms with Crippen LogP contribution in [0.2, 0.25) is 0 Å². The maximum absolute atomic E-state index is 11.9. The smallest absolute Gasteiger partial charge is 0.337 e. The number of methoxy groups -OCH3 is 1. The van der Waals surface area contributed by atoms with Crippen LogP contribution in [0, 0.1) is 0 Å². The van der Waals surface area contributed by atoms with Gasteiger partial charge in [0.25, 0.3) is 0 Å². The highest BCUT2D eigenvalue weighted by Gasteiger charge is 2.21. The van der Waals surface area contributed by atoms with Crippen LogP contribution in [0.4, 0.5) is 11.4 Å². The SMILES string of the molecule is CCC(=O)Nc1ccc(N2CCN(CC(=O)NCCOC)CC2)cc1C(=O)O. The molecule has 0 aliphatic carbocycles. The molecule has 1 heterocycles. The minimum Gasteiger partial charge on any atom is -0.478 e. The number of carbonyl (C=O) groups excluding carboxylic acids is 2. The van der Waals surface area contributed by atoms with Crippen LogP contribution in [0.15, 0.2) is 18.2 Å². The summed E-state index contributed by atoms with van der Waals surface area (Å²) in [5.41, 5.74) is 1.16. The summed E-state index contributed by atoms with van der Waals surface area (Å²) < 4.78 is 4.91. The van der Waals surface area contributed by atoms with Crippen LogP contribution in [0.1, 0.15) is 23.7 Å². The first-order valence-electron chi connectivity index (χ1n) is 9.34. The topological polar surface area (TPSA) is 111 Å². The van der Waals surface area contributed by atoms with Gasteiger partial charge in [-0.1, -0.05) is 6.92 Å². The van der Waals surface area contributed by atoms with Crippen molar-refractivity contribution >= 4 is 29.2 Å². The molecule has 0 unspecified atom stereocenters. The number of nitrogens with zero attached hydrogens (tertiary/aromatic N) is 2. The second-order valence-corrected chi connectivity index (χ2v) is 6.54. The molecule has 0 aromatic heterocycles. The Morgan fingerprint density at radius 1 is 1.14 bits per heavy atom. The molecule has 0 atom stereocenters. The predicted molar refractivity (Wildman–Crippen MR) is 106 cm³/mol. The Balaban J connectivity index is 1.94. The number of aromatic carboxylic acids is 1. The molecule has 1 aliphatic heterocycles. The largest absolute Gasteiger partial charge is 0.478 e. The van der Waals surface area contributed by atoms with E-state index in [9.17, 15) is 19.5 Å². The first kappa shape index (κ1) is 21.6. The van der Waals surface area contributed by atoms with Crippen molar-refractivity contribution in [3.63, 3.8) is 0 Å². The number of nitrogens with one attached hydrogen (secondary N) is 2. The van der Waals surface area contributed by atoms with Crippen LogP contribution in [0.3, 0.4) is 0 Å². The summed E-state index contributed by atoms with van der Waals surface area (Å²) in [6.07, 6.45) is 0.280.